The molecule has 0 bridgehead atoms. The van der Waals surface area contributed by atoms with Gasteiger partial charge in [0.2, 0.25) is 0 Å². The molecule has 1 heterocycles. The van der Waals surface area contributed by atoms with E-state index in [9.17, 15) is 0 Å². The van der Waals surface area contributed by atoms with Gasteiger partial charge in [0.05, 0.1) is 12.5 Å². The minimum atomic E-state index is 0.00854. The van der Waals surface area contributed by atoms with Gasteiger partial charge in [-0.15, -0.1) is 0 Å². The lowest BCUT2D eigenvalue weighted by Gasteiger charge is -2.37. The van der Waals surface area contributed by atoms with Crippen LogP contribution in [-0.2, 0) is 18.4 Å². The zero-order chi connectivity index (χ0) is 32.5. The van der Waals surface area contributed by atoms with Gasteiger partial charge >= 0.3 is 0 Å². The minimum Gasteiger partial charge on any atom is -0.247 e. The highest BCUT2D eigenvalue weighted by Crippen LogP contribution is 2.43. The van der Waals surface area contributed by atoms with E-state index in [0.29, 0.717) is 5.92 Å². The molecule has 0 aliphatic rings. The monoisotopic (exact) mass is 628 g/mol. The Morgan fingerprint density at radius 2 is 1.02 bits per heavy atom. The van der Waals surface area contributed by atoms with E-state index in [-0.39, 0.29) is 5.41 Å². The molecule has 0 aliphatic heterocycles. The predicted molar refractivity (Wildman–Crippen MR) is 201 cm³/mol. The van der Waals surface area contributed by atoms with Crippen LogP contribution >= 0.6 is 0 Å². The summed E-state index contributed by atoms with van der Waals surface area (Å²) in [5.74, 6) is 1.87. The van der Waals surface area contributed by atoms with Crippen molar-refractivity contribution in [2.75, 3.05) is 0 Å². The lowest BCUT2D eigenvalue weighted by molar-refractivity contribution is -0.705. The predicted octanol–water partition coefficient (Wildman–Crippen LogP) is 13.2. The van der Waals surface area contributed by atoms with Crippen molar-refractivity contribution in [3.05, 3.63) is 90.0 Å². The number of nitrogens with zero attached hydrogens (tertiary/aromatic N) is 1. The number of unbranched alkanes of at least 4 members (excludes halogenated alkanes) is 19. The lowest BCUT2D eigenvalue weighted by atomic mass is 9.66. The molecule has 0 amide bonds. The molecule has 0 aliphatic carbocycles. The van der Waals surface area contributed by atoms with Gasteiger partial charge < -0.3 is 0 Å². The molecular weight excluding hydrogens is 556 g/mol. The summed E-state index contributed by atoms with van der Waals surface area (Å²) in [6, 6.07) is 22.6. The van der Waals surface area contributed by atoms with Crippen LogP contribution in [0.15, 0.2) is 73.1 Å². The van der Waals surface area contributed by atoms with Gasteiger partial charge in [-0.1, -0.05) is 203 Å². The fourth-order valence-corrected chi connectivity index (χ4v) is 7.68. The zero-order valence-corrected chi connectivity index (χ0v) is 30.4. The van der Waals surface area contributed by atoms with E-state index in [1.807, 2.05) is 0 Å². The van der Waals surface area contributed by atoms with Crippen LogP contribution in [0.3, 0.4) is 0 Å². The first kappa shape index (κ1) is 38.1. The quantitative estimate of drug-likeness (QED) is 0.0610. The second-order valence-corrected chi connectivity index (χ2v) is 14.5. The summed E-state index contributed by atoms with van der Waals surface area (Å²) in [6.07, 6.45) is 36.1. The van der Waals surface area contributed by atoms with E-state index in [1.165, 1.54) is 158 Å². The molecule has 2 aromatic carbocycles. The fraction of sp³-hybridized carbons (Fsp3) is 0.659. The smallest absolute Gasteiger partial charge is 0.247 e. The summed E-state index contributed by atoms with van der Waals surface area (Å²) in [5.41, 5.74) is 2.90. The van der Waals surface area contributed by atoms with Crippen molar-refractivity contribution in [1.29, 1.82) is 0 Å². The van der Waals surface area contributed by atoms with Gasteiger partial charge in [0.1, 0.15) is 12.4 Å². The topological polar surface area (TPSA) is 19.7 Å². The highest BCUT2D eigenvalue weighted by molar-refractivity contribution is 5.32. The Labute approximate surface area is 285 Å². The largest absolute Gasteiger partial charge is 0.258 e. The Hall–Kier alpha value is -2.35. The van der Waals surface area contributed by atoms with Crippen molar-refractivity contribution in [1.82, 2.24) is 4.98 Å². The van der Waals surface area contributed by atoms with E-state index >= 15 is 0 Å². The highest BCUT2D eigenvalue weighted by atomic mass is 15.1. The average molecular weight is 628 g/mol. The molecule has 2 heteroatoms. The van der Waals surface area contributed by atoms with Gasteiger partial charge in [-0.3, -0.25) is 0 Å². The number of aromatic nitrogens is 2. The number of H-pyrrole nitrogens is 1. The molecule has 256 valence electrons. The molecule has 1 N–H and O–H groups in total. The Morgan fingerprint density at radius 3 is 1.54 bits per heavy atom. The van der Waals surface area contributed by atoms with Crippen molar-refractivity contribution in [3.63, 3.8) is 0 Å². The Morgan fingerprint density at radius 1 is 0.565 bits per heavy atom. The van der Waals surface area contributed by atoms with Crippen molar-refractivity contribution < 1.29 is 4.57 Å². The van der Waals surface area contributed by atoms with Crippen LogP contribution in [0.25, 0.3) is 0 Å². The third-order valence-corrected chi connectivity index (χ3v) is 10.6. The van der Waals surface area contributed by atoms with Gasteiger partial charge in [-0.25, -0.2) is 9.55 Å². The van der Waals surface area contributed by atoms with Gasteiger partial charge in [-0.2, -0.15) is 0 Å². The number of rotatable bonds is 28. The molecular formula is C44H71N2+. The zero-order valence-electron chi connectivity index (χ0n) is 30.4. The third kappa shape index (κ3) is 14.2. The van der Waals surface area contributed by atoms with Crippen LogP contribution in [-0.4, -0.2) is 4.98 Å². The van der Waals surface area contributed by atoms with Gasteiger partial charge in [-0.05, 0) is 36.8 Å². The first-order valence-electron chi connectivity index (χ1n) is 19.8. The highest BCUT2D eigenvalue weighted by Gasteiger charge is 2.41. The summed E-state index contributed by atoms with van der Waals surface area (Å²) in [4.78, 5) is 3.79. The maximum absolute atomic E-state index is 3.79. The molecule has 1 aromatic heterocycles. The van der Waals surface area contributed by atoms with Crippen LogP contribution in [0, 0.1) is 0 Å². The van der Waals surface area contributed by atoms with Crippen molar-refractivity contribution in [3.8, 4) is 0 Å². The lowest BCUT2D eigenvalue weighted by Crippen LogP contribution is -2.43. The second kappa shape index (κ2) is 23.9. The van der Waals surface area contributed by atoms with Crippen molar-refractivity contribution >= 4 is 0 Å². The molecule has 2 atom stereocenters. The molecule has 0 radical (unpaired) electrons. The number of aromatic amines is 1. The molecule has 3 rings (SSSR count). The molecule has 2 unspecified atom stereocenters. The summed E-state index contributed by atoms with van der Waals surface area (Å²) >= 11 is 0. The van der Waals surface area contributed by atoms with Crippen LogP contribution in [0.2, 0.25) is 0 Å². The summed E-state index contributed by atoms with van der Waals surface area (Å²) < 4.78 is 2.58. The van der Waals surface area contributed by atoms with Crippen molar-refractivity contribution in [2.24, 2.45) is 0 Å². The van der Waals surface area contributed by atoms with Gasteiger partial charge in [0.25, 0.3) is 5.82 Å². The van der Waals surface area contributed by atoms with E-state index in [2.05, 4.69) is 103 Å². The SMILES string of the molecule is CCCCCCCCCCCCCCCCCC[n+]1cc[nH]c1C(CCCCCCC)C(C)(Cc1ccccc1)c1ccccc1. The first-order valence-corrected chi connectivity index (χ1v) is 19.8. The maximum Gasteiger partial charge on any atom is 0.258 e. The van der Waals surface area contributed by atoms with Gasteiger partial charge in [0.15, 0.2) is 0 Å². The first-order chi connectivity index (χ1) is 22.7. The minimum absolute atomic E-state index is 0.00854. The molecule has 46 heavy (non-hydrogen) atoms. The molecule has 3 aromatic rings. The van der Waals surface area contributed by atoms with E-state index in [0.717, 1.165) is 13.0 Å². The average Bonchev–Trinajstić information content (AvgIpc) is 3.54. The molecule has 0 saturated carbocycles. The van der Waals surface area contributed by atoms with E-state index < -0.39 is 0 Å². The normalized spacial score (nSPS) is 13.5. The Kier molecular flexibility index (Phi) is 19.8. The van der Waals surface area contributed by atoms with E-state index in [1.54, 1.807) is 0 Å². The van der Waals surface area contributed by atoms with E-state index in [4.69, 9.17) is 0 Å². The molecule has 0 fully saturated rings. The van der Waals surface area contributed by atoms with Crippen LogP contribution < -0.4 is 4.57 Å². The van der Waals surface area contributed by atoms with Crippen LogP contribution in [0.4, 0.5) is 0 Å². The third-order valence-electron chi connectivity index (χ3n) is 10.6. The van der Waals surface area contributed by atoms with Gasteiger partial charge in [0, 0.05) is 5.41 Å². The van der Waals surface area contributed by atoms with Crippen LogP contribution in [0.1, 0.15) is 185 Å². The molecule has 0 spiro atoms. The second-order valence-electron chi connectivity index (χ2n) is 14.5. The number of hydrogen-bond donors (Lipinski definition) is 1. The van der Waals surface area contributed by atoms with Crippen molar-refractivity contribution in [2.45, 2.75) is 186 Å². The number of hydrogen-bond acceptors (Lipinski definition) is 0. The Balaban J connectivity index is 1.50. The summed E-state index contributed by atoms with van der Waals surface area (Å²) in [5, 5.41) is 0. The molecule has 2 nitrogen and oxygen atoms in total. The number of benzene rings is 2. The standard InChI is InChI=1S/C44H70N2/c1-4-6-8-10-11-12-13-14-15-16-17-18-19-20-22-30-37-46-38-36-45-43(46)42(35-29-21-9-7-5-2)44(3,41-33-27-24-28-34-41)39-40-31-25-23-26-32-40/h23-28,31-34,36,38,42H,4-22,29-30,35,37,39H2,1-3H3/p+1. The summed E-state index contributed by atoms with van der Waals surface area (Å²) in [6.45, 7) is 8.28. The summed E-state index contributed by atoms with van der Waals surface area (Å²) in [7, 11) is 0. The Bertz CT molecular complexity index is 1100. The number of aryl methyl sites for hydroxylation is 1. The maximum atomic E-state index is 3.79. The fourth-order valence-electron chi connectivity index (χ4n) is 7.68. The number of nitrogens with one attached hydrogen (secondary N) is 1. The molecule has 0 saturated heterocycles. The van der Waals surface area contributed by atoms with Crippen LogP contribution in [0.5, 0.6) is 0 Å². The number of imidazole rings is 1.